The molecule has 1 saturated heterocycles. The highest BCUT2D eigenvalue weighted by Gasteiger charge is 2.33. The molecule has 5 nitrogen and oxygen atoms in total. The van der Waals surface area contributed by atoms with Crippen LogP contribution in [-0.4, -0.2) is 42.1 Å². The van der Waals surface area contributed by atoms with Crippen LogP contribution in [0.4, 0.5) is 0 Å². The summed E-state index contributed by atoms with van der Waals surface area (Å²) in [4.78, 5) is 4.25. The highest BCUT2D eigenvalue weighted by molar-refractivity contribution is 7.86. The molecule has 1 aromatic heterocycles. The average Bonchev–Trinajstić information content (AvgIpc) is 2.47. The Bertz CT molecular complexity index is 525. The summed E-state index contributed by atoms with van der Waals surface area (Å²) in [6.45, 7) is 5.27. The van der Waals surface area contributed by atoms with E-state index in [1.165, 1.54) is 4.31 Å². The van der Waals surface area contributed by atoms with E-state index in [4.69, 9.17) is 0 Å². The fourth-order valence-corrected chi connectivity index (χ4v) is 3.95. The molecular weight excluding hydrogens is 274 g/mol. The lowest BCUT2D eigenvalue weighted by Crippen LogP contribution is -2.46. The Hall–Kier alpha value is -0.980. The Kier molecular flexibility index (Phi) is 4.78. The summed E-state index contributed by atoms with van der Waals surface area (Å²) in [5, 5.41) is 0. The van der Waals surface area contributed by atoms with Crippen LogP contribution in [0.3, 0.4) is 0 Å². The molecule has 0 radical (unpaired) electrons. The van der Waals surface area contributed by atoms with Gasteiger partial charge in [-0.1, -0.05) is 13.0 Å². The SMILES string of the molecule is CC1CCN(S(=O)(=O)N(C)C(C)c2ccccn2)CC1. The largest absolute Gasteiger partial charge is 0.282 e. The fourth-order valence-electron chi connectivity index (χ4n) is 2.41. The van der Waals surface area contributed by atoms with Crippen molar-refractivity contribution in [1.29, 1.82) is 0 Å². The number of nitrogens with zero attached hydrogens (tertiary/aromatic N) is 3. The van der Waals surface area contributed by atoms with Crippen LogP contribution in [0.5, 0.6) is 0 Å². The minimum absolute atomic E-state index is 0.263. The summed E-state index contributed by atoms with van der Waals surface area (Å²) in [7, 11) is -1.77. The molecule has 0 N–H and O–H groups in total. The van der Waals surface area contributed by atoms with E-state index >= 15 is 0 Å². The van der Waals surface area contributed by atoms with Crippen molar-refractivity contribution in [2.75, 3.05) is 20.1 Å². The monoisotopic (exact) mass is 297 g/mol. The highest BCUT2D eigenvalue weighted by atomic mass is 32.2. The van der Waals surface area contributed by atoms with Gasteiger partial charge in [0.15, 0.2) is 0 Å². The van der Waals surface area contributed by atoms with Gasteiger partial charge in [-0.15, -0.1) is 0 Å². The molecule has 0 saturated carbocycles. The van der Waals surface area contributed by atoms with Crippen molar-refractivity contribution in [3.05, 3.63) is 30.1 Å². The van der Waals surface area contributed by atoms with Crippen molar-refractivity contribution in [2.45, 2.75) is 32.7 Å². The topological polar surface area (TPSA) is 53.5 Å². The zero-order valence-corrected chi connectivity index (χ0v) is 13.2. The van der Waals surface area contributed by atoms with E-state index in [1.54, 1.807) is 17.5 Å². The molecule has 0 aromatic carbocycles. The van der Waals surface area contributed by atoms with Crippen LogP contribution in [0.15, 0.2) is 24.4 Å². The number of pyridine rings is 1. The van der Waals surface area contributed by atoms with E-state index in [1.807, 2.05) is 25.1 Å². The minimum Gasteiger partial charge on any atom is -0.260 e. The Morgan fingerprint density at radius 2 is 2.00 bits per heavy atom. The summed E-state index contributed by atoms with van der Waals surface area (Å²) in [6, 6.07) is 5.30. The van der Waals surface area contributed by atoms with Crippen molar-refractivity contribution in [1.82, 2.24) is 13.6 Å². The Morgan fingerprint density at radius 1 is 1.35 bits per heavy atom. The maximum absolute atomic E-state index is 12.6. The minimum atomic E-state index is -3.41. The van der Waals surface area contributed by atoms with Gasteiger partial charge in [0.1, 0.15) is 0 Å². The predicted octanol–water partition coefficient (Wildman–Crippen LogP) is 2.05. The maximum atomic E-state index is 12.6. The molecule has 2 rings (SSSR count). The van der Waals surface area contributed by atoms with E-state index in [0.717, 1.165) is 18.5 Å². The van der Waals surface area contributed by atoms with Crippen LogP contribution >= 0.6 is 0 Å². The van der Waals surface area contributed by atoms with Gasteiger partial charge in [-0.2, -0.15) is 17.0 Å². The van der Waals surface area contributed by atoms with E-state index in [0.29, 0.717) is 19.0 Å². The third-order valence-electron chi connectivity index (χ3n) is 4.09. The third-order valence-corrected chi connectivity index (χ3v) is 6.16. The molecule has 112 valence electrons. The summed E-state index contributed by atoms with van der Waals surface area (Å²) >= 11 is 0. The number of hydrogen-bond acceptors (Lipinski definition) is 3. The van der Waals surface area contributed by atoms with Gasteiger partial charge in [0.25, 0.3) is 10.2 Å². The number of rotatable bonds is 4. The van der Waals surface area contributed by atoms with Crippen LogP contribution in [-0.2, 0) is 10.2 Å². The molecule has 1 aliphatic heterocycles. The van der Waals surface area contributed by atoms with Gasteiger partial charge < -0.3 is 0 Å². The first kappa shape index (κ1) is 15.4. The van der Waals surface area contributed by atoms with E-state index in [9.17, 15) is 8.42 Å². The second kappa shape index (κ2) is 6.20. The van der Waals surface area contributed by atoms with E-state index in [-0.39, 0.29) is 6.04 Å². The van der Waals surface area contributed by atoms with Crippen molar-refractivity contribution in [3.8, 4) is 0 Å². The van der Waals surface area contributed by atoms with Crippen LogP contribution in [0.1, 0.15) is 38.4 Å². The molecule has 1 atom stereocenters. The summed E-state index contributed by atoms with van der Waals surface area (Å²) < 4.78 is 28.3. The van der Waals surface area contributed by atoms with Crippen molar-refractivity contribution < 1.29 is 8.42 Å². The number of piperidine rings is 1. The molecule has 0 amide bonds. The first-order valence-corrected chi connectivity index (χ1v) is 8.46. The molecule has 1 aromatic rings. The first-order valence-electron chi connectivity index (χ1n) is 7.07. The van der Waals surface area contributed by atoms with Crippen molar-refractivity contribution >= 4 is 10.2 Å². The first-order chi connectivity index (χ1) is 9.43. The van der Waals surface area contributed by atoms with E-state index < -0.39 is 10.2 Å². The maximum Gasteiger partial charge on any atom is 0.282 e. The van der Waals surface area contributed by atoms with Crippen LogP contribution in [0, 0.1) is 5.92 Å². The molecule has 6 heteroatoms. The van der Waals surface area contributed by atoms with Crippen LogP contribution in [0.2, 0.25) is 0 Å². The summed E-state index contributed by atoms with van der Waals surface area (Å²) in [5.74, 6) is 0.611. The lowest BCUT2D eigenvalue weighted by molar-refractivity contribution is 0.260. The second-order valence-electron chi connectivity index (χ2n) is 5.54. The normalized spacial score (nSPS) is 20.2. The quantitative estimate of drug-likeness (QED) is 0.854. The van der Waals surface area contributed by atoms with Crippen LogP contribution < -0.4 is 0 Å². The van der Waals surface area contributed by atoms with Gasteiger partial charge in [0, 0.05) is 26.3 Å². The lowest BCUT2D eigenvalue weighted by Gasteiger charge is -2.34. The smallest absolute Gasteiger partial charge is 0.260 e. The Labute approximate surface area is 121 Å². The van der Waals surface area contributed by atoms with Crippen molar-refractivity contribution in [3.63, 3.8) is 0 Å². The zero-order chi connectivity index (χ0) is 14.8. The molecule has 0 bridgehead atoms. The van der Waals surface area contributed by atoms with Gasteiger partial charge in [-0.05, 0) is 37.8 Å². The second-order valence-corrected chi connectivity index (χ2v) is 7.52. The van der Waals surface area contributed by atoms with Crippen LogP contribution in [0.25, 0.3) is 0 Å². The summed E-state index contributed by atoms with van der Waals surface area (Å²) in [6.07, 6.45) is 3.56. The van der Waals surface area contributed by atoms with Gasteiger partial charge in [0.05, 0.1) is 11.7 Å². The van der Waals surface area contributed by atoms with Gasteiger partial charge in [0.2, 0.25) is 0 Å². The summed E-state index contributed by atoms with van der Waals surface area (Å²) in [5.41, 5.74) is 0.768. The molecule has 0 aliphatic carbocycles. The third kappa shape index (κ3) is 3.19. The lowest BCUT2D eigenvalue weighted by atomic mass is 10.0. The zero-order valence-electron chi connectivity index (χ0n) is 12.4. The highest BCUT2D eigenvalue weighted by Crippen LogP contribution is 2.25. The molecule has 20 heavy (non-hydrogen) atoms. The fraction of sp³-hybridized carbons (Fsp3) is 0.643. The van der Waals surface area contributed by atoms with Gasteiger partial charge in [-0.25, -0.2) is 0 Å². The molecular formula is C14H23N3O2S. The number of aromatic nitrogens is 1. The predicted molar refractivity (Wildman–Crippen MR) is 79.3 cm³/mol. The molecule has 1 aliphatic rings. The molecule has 1 unspecified atom stereocenters. The number of hydrogen-bond donors (Lipinski definition) is 0. The molecule has 1 fully saturated rings. The average molecular weight is 297 g/mol. The Morgan fingerprint density at radius 3 is 2.55 bits per heavy atom. The van der Waals surface area contributed by atoms with Gasteiger partial charge >= 0.3 is 0 Å². The van der Waals surface area contributed by atoms with Gasteiger partial charge in [-0.3, -0.25) is 4.98 Å². The molecule has 2 heterocycles. The molecule has 0 spiro atoms. The Balaban J connectivity index is 2.13. The van der Waals surface area contributed by atoms with E-state index in [2.05, 4.69) is 11.9 Å². The standard InChI is InChI=1S/C14H23N3O2S/c1-12-7-10-17(11-8-12)20(18,19)16(3)13(2)14-6-4-5-9-15-14/h4-6,9,12-13H,7-8,10-11H2,1-3H3. The van der Waals surface area contributed by atoms with Crippen molar-refractivity contribution in [2.24, 2.45) is 5.92 Å².